The average molecular weight is 539 g/mol. The fourth-order valence-electron chi connectivity index (χ4n) is 4.93. The molecule has 8 nitrogen and oxygen atoms in total. The van der Waals surface area contributed by atoms with Crippen LogP contribution in [0.5, 0.6) is 11.6 Å². The molecule has 4 rings (SSSR count). The van der Waals surface area contributed by atoms with Gasteiger partial charge in [0.05, 0.1) is 36.6 Å². The van der Waals surface area contributed by atoms with Gasteiger partial charge in [-0.25, -0.2) is 9.37 Å². The molecule has 1 aromatic heterocycles. The first-order chi connectivity index (χ1) is 18.0. The number of carboxylic acid groups (broad SMARTS) is 1. The monoisotopic (exact) mass is 538 g/mol. The number of ether oxygens (including phenoxy) is 2. The van der Waals surface area contributed by atoms with Crippen molar-refractivity contribution < 1.29 is 36.9 Å². The quantitative estimate of drug-likeness (QED) is 0.466. The molecule has 206 valence electrons. The standard InChI is InChI=1S/C26H30F4N4O4/c1-4-37-23-11-21(19(27)13-31-23)33-10-9-22(15(2)14-33)38-18-7-5-17(6-8-18)34-20(12-24(35)36)16(3)25(32-34)26(28,29)30/h5-8,11,13,15-16,20,22H,4,9-10,12,14H2,1-3H3,(H,35,36)/t15-,16-,20-,22-/m0/s1. The number of aromatic nitrogens is 1. The SMILES string of the molecule is CCOc1cc(N2CC[C@H](Oc3ccc(N4N=C(C(F)(F)F)[C@@H](C)[C@@H]4CC(=O)O)cc3)[C@@H](C)C2)c(F)cn1. The highest BCUT2D eigenvalue weighted by molar-refractivity contribution is 5.95. The number of anilines is 2. The molecule has 0 radical (unpaired) electrons. The van der Waals surface area contributed by atoms with Crippen molar-refractivity contribution >= 4 is 23.1 Å². The fourth-order valence-corrected chi connectivity index (χ4v) is 4.93. The van der Waals surface area contributed by atoms with Gasteiger partial charge in [-0.15, -0.1) is 0 Å². The predicted octanol–water partition coefficient (Wildman–Crippen LogP) is 5.13. The molecule has 1 fully saturated rings. The third-order valence-corrected chi connectivity index (χ3v) is 6.87. The van der Waals surface area contributed by atoms with E-state index >= 15 is 0 Å². The van der Waals surface area contributed by atoms with Gasteiger partial charge in [-0.05, 0) is 31.2 Å². The molecule has 2 aromatic rings. The molecule has 0 saturated carbocycles. The zero-order chi connectivity index (χ0) is 27.6. The molecule has 0 unspecified atom stereocenters. The van der Waals surface area contributed by atoms with Crippen molar-refractivity contribution in [3.05, 3.63) is 42.3 Å². The van der Waals surface area contributed by atoms with Gasteiger partial charge < -0.3 is 19.5 Å². The molecule has 0 amide bonds. The number of aliphatic carboxylic acids is 1. The third kappa shape index (κ3) is 5.94. The first kappa shape index (κ1) is 27.5. The maximum Gasteiger partial charge on any atom is 0.431 e. The Morgan fingerprint density at radius 3 is 2.53 bits per heavy atom. The molecule has 1 saturated heterocycles. The second-order valence-electron chi connectivity index (χ2n) is 9.55. The number of halogens is 4. The van der Waals surface area contributed by atoms with Gasteiger partial charge in [-0.2, -0.15) is 18.3 Å². The first-order valence-corrected chi connectivity index (χ1v) is 12.4. The van der Waals surface area contributed by atoms with Gasteiger partial charge in [0.25, 0.3) is 0 Å². The molecule has 0 aliphatic carbocycles. The zero-order valence-electron chi connectivity index (χ0n) is 21.3. The van der Waals surface area contributed by atoms with E-state index in [4.69, 9.17) is 9.47 Å². The number of hydrogen-bond acceptors (Lipinski definition) is 7. The molecule has 12 heteroatoms. The highest BCUT2D eigenvalue weighted by atomic mass is 19.4. The number of alkyl halides is 3. The van der Waals surface area contributed by atoms with Crippen molar-refractivity contribution in [1.29, 1.82) is 0 Å². The Morgan fingerprint density at radius 2 is 1.92 bits per heavy atom. The molecule has 1 aromatic carbocycles. The summed E-state index contributed by atoms with van der Waals surface area (Å²) < 4.78 is 66.3. The lowest BCUT2D eigenvalue weighted by Crippen LogP contribution is -2.44. The van der Waals surface area contributed by atoms with Gasteiger partial charge in [0.15, 0.2) is 5.82 Å². The van der Waals surface area contributed by atoms with E-state index in [2.05, 4.69) is 10.1 Å². The summed E-state index contributed by atoms with van der Waals surface area (Å²) in [7, 11) is 0. The maximum absolute atomic E-state index is 14.4. The van der Waals surface area contributed by atoms with Crippen LogP contribution in [0, 0.1) is 17.7 Å². The predicted molar refractivity (Wildman–Crippen MR) is 133 cm³/mol. The topological polar surface area (TPSA) is 87.5 Å². The summed E-state index contributed by atoms with van der Waals surface area (Å²) in [4.78, 5) is 17.2. The third-order valence-electron chi connectivity index (χ3n) is 6.87. The Balaban J connectivity index is 1.43. The number of benzene rings is 1. The molecule has 3 heterocycles. The van der Waals surface area contributed by atoms with Crippen LogP contribution in [0.3, 0.4) is 0 Å². The highest BCUT2D eigenvalue weighted by Gasteiger charge is 2.48. The maximum atomic E-state index is 14.4. The van der Waals surface area contributed by atoms with Gasteiger partial charge in [0, 0.05) is 37.4 Å². The smallest absolute Gasteiger partial charge is 0.431 e. The Labute approximate surface area is 217 Å². The Hall–Kier alpha value is -3.57. The lowest BCUT2D eigenvalue weighted by atomic mass is 9.94. The van der Waals surface area contributed by atoms with E-state index in [9.17, 15) is 27.5 Å². The number of hydrogen-bond donors (Lipinski definition) is 1. The number of rotatable bonds is 8. The first-order valence-electron chi connectivity index (χ1n) is 12.4. The summed E-state index contributed by atoms with van der Waals surface area (Å²) in [5.41, 5.74) is -0.229. The van der Waals surface area contributed by atoms with Crippen LogP contribution in [-0.4, -0.2) is 59.8 Å². The Morgan fingerprint density at radius 1 is 1.21 bits per heavy atom. The molecule has 0 bridgehead atoms. The number of carbonyl (C=O) groups is 1. The molecule has 4 atom stereocenters. The lowest BCUT2D eigenvalue weighted by Gasteiger charge is -2.38. The van der Waals surface area contributed by atoms with Crippen molar-refractivity contribution in [1.82, 2.24) is 4.98 Å². The molecule has 2 aliphatic rings. The minimum absolute atomic E-state index is 0.0462. The van der Waals surface area contributed by atoms with Gasteiger partial charge in [0.1, 0.15) is 17.6 Å². The van der Waals surface area contributed by atoms with E-state index in [1.165, 1.54) is 6.92 Å². The van der Waals surface area contributed by atoms with E-state index in [-0.39, 0.29) is 12.0 Å². The average Bonchev–Trinajstić information content (AvgIpc) is 3.18. The second-order valence-corrected chi connectivity index (χ2v) is 9.55. The molecule has 0 spiro atoms. The van der Waals surface area contributed by atoms with E-state index in [1.54, 1.807) is 30.3 Å². The lowest BCUT2D eigenvalue weighted by molar-refractivity contribution is -0.137. The Bertz CT molecular complexity index is 1170. The molecule has 38 heavy (non-hydrogen) atoms. The number of piperidine rings is 1. The number of nitrogens with zero attached hydrogens (tertiary/aromatic N) is 4. The van der Waals surface area contributed by atoms with Crippen LogP contribution in [-0.2, 0) is 4.79 Å². The van der Waals surface area contributed by atoms with E-state index < -0.39 is 42.1 Å². The van der Waals surface area contributed by atoms with Crippen LogP contribution in [0.2, 0.25) is 0 Å². The van der Waals surface area contributed by atoms with Crippen LogP contribution in [0.15, 0.2) is 41.6 Å². The molecular weight excluding hydrogens is 508 g/mol. The summed E-state index contributed by atoms with van der Waals surface area (Å²) in [6, 6.07) is 7.04. The van der Waals surface area contributed by atoms with Gasteiger partial charge in [-0.3, -0.25) is 9.80 Å². The van der Waals surface area contributed by atoms with E-state index in [1.807, 2.05) is 18.7 Å². The van der Waals surface area contributed by atoms with Gasteiger partial charge >= 0.3 is 12.1 Å². The summed E-state index contributed by atoms with van der Waals surface area (Å²) in [5.74, 6) is -1.79. The Kier molecular flexibility index (Phi) is 7.98. The largest absolute Gasteiger partial charge is 0.490 e. The number of hydrazone groups is 1. The molecule has 2 aliphatic heterocycles. The van der Waals surface area contributed by atoms with E-state index in [0.29, 0.717) is 49.1 Å². The summed E-state index contributed by atoms with van der Waals surface area (Å²) >= 11 is 0. The van der Waals surface area contributed by atoms with Crippen molar-refractivity contribution in [3.8, 4) is 11.6 Å². The van der Waals surface area contributed by atoms with Crippen molar-refractivity contribution in [2.75, 3.05) is 29.6 Å². The minimum atomic E-state index is -4.65. The van der Waals surface area contributed by atoms with E-state index in [0.717, 1.165) is 11.2 Å². The van der Waals surface area contributed by atoms with Crippen LogP contribution in [0.4, 0.5) is 28.9 Å². The van der Waals surface area contributed by atoms with Crippen molar-refractivity contribution in [2.24, 2.45) is 16.9 Å². The summed E-state index contributed by atoms with van der Waals surface area (Å²) in [6.45, 7) is 6.69. The fraction of sp³-hybridized carbons (Fsp3) is 0.500. The highest BCUT2D eigenvalue weighted by Crippen LogP contribution is 2.37. The second kappa shape index (κ2) is 11.0. The summed E-state index contributed by atoms with van der Waals surface area (Å²) in [6.07, 6.45) is -3.52. The number of carboxylic acids is 1. The zero-order valence-corrected chi connectivity index (χ0v) is 21.3. The minimum Gasteiger partial charge on any atom is -0.490 e. The van der Waals surface area contributed by atoms with Crippen LogP contribution in [0.25, 0.3) is 0 Å². The summed E-state index contributed by atoms with van der Waals surface area (Å²) in [5, 5.41) is 14.1. The normalized spacial score (nSPS) is 23.8. The van der Waals surface area contributed by atoms with Gasteiger partial charge in [-0.1, -0.05) is 13.8 Å². The molecule has 1 N–H and O–H groups in total. The van der Waals surface area contributed by atoms with Crippen LogP contribution < -0.4 is 19.4 Å². The van der Waals surface area contributed by atoms with Gasteiger partial charge in [0.2, 0.25) is 5.88 Å². The number of pyridine rings is 1. The molecular formula is C26H30F4N4O4. The van der Waals surface area contributed by atoms with Crippen molar-refractivity contribution in [3.63, 3.8) is 0 Å². The van der Waals surface area contributed by atoms with Crippen LogP contribution >= 0.6 is 0 Å². The van der Waals surface area contributed by atoms with Crippen LogP contribution in [0.1, 0.15) is 33.6 Å². The van der Waals surface area contributed by atoms with Crippen molar-refractivity contribution in [2.45, 2.75) is 51.9 Å².